The van der Waals surface area contributed by atoms with E-state index in [-0.39, 0.29) is 24.3 Å². The van der Waals surface area contributed by atoms with Gasteiger partial charge in [-0.2, -0.15) is 0 Å². The molecular formula is C13H21N2O3+. The van der Waals surface area contributed by atoms with Crippen molar-refractivity contribution in [1.29, 1.82) is 0 Å². The van der Waals surface area contributed by atoms with Gasteiger partial charge in [-0.05, 0) is 13.3 Å². The summed E-state index contributed by atoms with van der Waals surface area (Å²) < 4.78 is 7.19. The van der Waals surface area contributed by atoms with Crippen LogP contribution >= 0.6 is 0 Å². The molecule has 0 fully saturated rings. The summed E-state index contributed by atoms with van der Waals surface area (Å²) in [4.78, 5) is 11.6. The maximum absolute atomic E-state index is 11.6. The molecule has 1 rings (SSSR count). The van der Waals surface area contributed by atoms with Crippen LogP contribution in [0, 0.1) is 6.92 Å². The number of aromatic hydroxyl groups is 1. The van der Waals surface area contributed by atoms with E-state index in [2.05, 4.69) is 5.32 Å². The molecule has 0 spiro atoms. The zero-order valence-corrected chi connectivity index (χ0v) is 11.4. The van der Waals surface area contributed by atoms with Crippen LogP contribution in [0.4, 0.5) is 0 Å². The minimum atomic E-state index is -0.186. The molecule has 0 radical (unpaired) electrons. The lowest BCUT2D eigenvalue weighted by Crippen LogP contribution is -2.36. The molecule has 0 saturated carbocycles. The molecule has 1 aromatic heterocycles. The first-order chi connectivity index (χ1) is 8.45. The van der Waals surface area contributed by atoms with Gasteiger partial charge >= 0.3 is 0 Å². The smallest absolute Gasteiger partial charge is 0.258 e. The molecule has 0 aliphatic heterocycles. The Bertz CT molecular complexity index is 432. The number of aromatic nitrogens is 1. The highest BCUT2D eigenvalue weighted by molar-refractivity contribution is 5.77. The van der Waals surface area contributed by atoms with Crippen molar-refractivity contribution in [3.05, 3.63) is 18.0 Å². The zero-order chi connectivity index (χ0) is 13.7. The van der Waals surface area contributed by atoms with E-state index in [0.29, 0.717) is 5.75 Å². The van der Waals surface area contributed by atoms with E-state index in [1.807, 2.05) is 32.4 Å². The van der Waals surface area contributed by atoms with Gasteiger partial charge in [-0.1, -0.05) is 6.92 Å². The van der Waals surface area contributed by atoms with Crippen molar-refractivity contribution in [1.82, 2.24) is 5.32 Å². The molecule has 18 heavy (non-hydrogen) atoms. The maximum Gasteiger partial charge on any atom is 0.258 e. The third kappa shape index (κ3) is 3.61. The molecule has 1 atom stereocenters. The van der Waals surface area contributed by atoms with Crippen molar-refractivity contribution >= 4 is 5.91 Å². The zero-order valence-electron chi connectivity index (χ0n) is 11.4. The SMILES string of the molecule is CCC(C)NC(=O)COc1c(O)cc[n+](C)c1C. The first-order valence-corrected chi connectivity index (χ1v) is 6.06. The Kier molecular flexibility index (Phi) is 4.95. The molecule has 5 heteroatoms. The summed E-state index contributed by atoms with van der Waals surface area (Å²) in [6.45, 7) is 5.66. The second kappa shape index (κ2) is 6.23. The number of amides is 1. The van der Waals surface area contributed by atoms with Crippen LogP contribution in [0.1, 0.15) is 26.0 Å². The van der Waals surface area contributed by atoms with E-state index in [0.717, 1.165) is 12.1 Å². The standard InChI is InChI=1S/C13H20N2O3/c1-5-9(2)14-12(17)8-18-13-10(3)15(4)7-6-11(13)16/h6-7,9H,5,8H2,1-4H3,(H,14,17)/p+1. The van der Waals surface area contributed by atoms with Crippen molar-refractivity contribution in [2.45, 2.75) is 33.2 Å². The van der Waals surface area contributed by atoms with Gasteiger partial charge in [0.25, 0.3) is 5.91 Å². The summed E-state index contributed by atoms with van der Waals surface area (Å²) in [6.07, 6.45) is 2.60. The Labute approximate surface area is 107 Å². The van der Waals surface area contributed by atoms with Gasteiger partial charge in [-0.3, -0.25) is 4.79 Å². The van der Waals surface area contributed by atoms with Crippen molar-refractivity contribution in [3.63, 3.8) is 0 Å². The predicted molar refractivity (Wildman–Crippen MR) is 67.4 cm³/mol. The monoisotopic (exact) mass is 253 g/mol. The van der Waals surface area contributed by atoms with Crippen molar-refractivity contribution in [2.75, 3.05) is 6.61 Å². The van der Waals surface area contributed by atoms with Crippen molar-refractivity contribution < 1.29 is 19.2 Å². The molecule has 0 saturated heterocycles. The molecule has 0 bridgehead atoms. The summed E-state index contributed by atoms with van der Waals surface area (Å²) >= 11 is 0. The molecule has 5 nitrogen and oxygen atoms in total. The molecule has 100 valence electrons. The lowest BCUT2D eigenvalue weighted by Gasteiger charge is -2.12. The number of hydrogen-bond acceptors (Lipinski definition) is 3. The summed E-state index contributed by atoms with van der Waals surface area (Å²) in [5.74, 6) is 0.205. The molecule has 1 aromatic rings. The Morgan fingerprint density at radius 2 is 2.28 bits per heavy atom. The van der Waals surface area contributed by atoms with E-state index in [9.17, 15) is 9.90 Å². The van der Waals surface area contributed by atoms with Gasteiger partial charge in [0.2, 0.25) is 11.4 Å². The van der Waals surface area contributed by atoms with E-state index in [4.69, 9.17) is 4.74 Å². The molecule has 1 amide bonds. The highest BCUT2D eigenvalue weighted by Crippen LogP contribution is 2.26. The number of pyridine rings is 1. The summed E-state index contributed by atoms with van der Waals surface area (Å²) in [5.41, 5.74) is 0.770. The Morgan fingerprint density at radius 1 is 1.61 bits per heavy atom. The topological polar surface area (TPSA) is 62.4 Å². The van der Waals surface area contributed by atoms with Crippen LogP contribution in [-0.2, 0) is 11.8 Å². The predicted octanol–water partition coefficient (Wildman–Crippen LogP) is 0.819. The Hall–Kier alpha value is -1.78. The maximum atomic E-state index is 11.6. The number of rotatable bonds is 5. The molecular weight excluding hydrogens is 232 g/mol. The summed E-state index contributed by atoms with van der Waals surface area (Å²) in [6, 6.07) is 1.66. The molecule has 0 aliphatic carbocycles. The fraction of sp³-hybridized carbons (Fsp3) is 0.538. The van der Waals surface area contributed by atoms with Crippen LogP contribution in [0.2, 0.25) is 0 Å². The highest BCUT2D eigenvalue weighted by Gasteiger charge is 2.16. The third-order valence-electron chi connectivity index (χ3n) is 2.91. The van der Waals surface area contributed by atoms with Gasteiger partial charge in [-0.25, -0.2) is 4.57 Å². The third-order valence-corrected chi connectivity index (χ3v) is 2.91. The summed E-state index contributed by atoms with van der Waals surface area (Å²) in [7, 11) is 1.85. The minimum Gasteiger partial charge on any atom is -0.504 e. The molecule has 0 aromatic carbocycles. The van der Waals surface area contributed by atoms with Gasteiger partial charge in [-0.15, -0.1) is 0 Å². The number of carbonyl (C=O) groups is 1. The van der Waals surface area contributed by atoms with Crippen LogP contribution in [0.3, 0.4) is 0 Å². The first kappa shape index (κ1) is 14.3. The molecule has 1 unspecified atom stereocenters. The number of nitrogens with zero attached hydrogens (tertiary/aromatic N) is 1. The van der Waals surface area contributed by atoms with Crippen molar-refractivity contribution in [3.8, 4) is 11.5 Å². The van der Waals surface area contributed by atoms with E-state index in [1.165, 1.54) is 6.07 Å². The largest absolute Gasteiger partial charge is 0.504 e. The normalized spacial score (nSPS) is 12.0. The Morgan fingerprint density at radius 3 is 2.89 bits per heavy atom. The van der Waals surface area contributed by atoms with Gasteiger partial charge < -0.3 is 15.2 Å². The van der Waals surface area contributed by atoms with Crippen LogP contribution < -0.4 is 14.6 Å². The lowest BCUT2D eigenvalue weighted by molar-refractivity contribution is -0.678. The number of carbonyl (C=O) groups excluding carboxylic acids is 1. The van der Waals surface area contributed by atoms with Crippen LogP contribution in [0.15, 0.2) is 12.3 Å². The average Bonchev–Trinajstić information content (AvgIpc) is 2.34. The van der Waals surface area contributed by atoms with Crippen LogP contribution in [0.5, 0.6) is 11.5 Å². The van der Waals surface area contributed by atoms with E-state index >= 15 is 0 Å². The fourth-order valence-electron chi connectivity index (χ4n) is 1.45. The second-order valence-corrected chi connectivity index (χ2v) is 4.39. The molecule has 0 aliphatic rings. The van der Waals surface area contributed by atoms with Gasteiger partial charge in [0.1, 0.15) is 7.05 Å². The van der Waals surface area contributed by atoms with E-state index < -0.39 is 0 Å². The van der Waals surface area contributed by atoms with Gasteiger partial charge in [0.05, 0.1) is 0 Å². The Balaban J connectivity index is 2.64. The fourth-order valence-corrected chi connectivity index (χ4v) is 1.45. The lowest BCUT2D eigenvalue weighted by atomic mass is 10.2. The van der Waals surface area contributed by atoms with Crippen LogP contribution in [-0.4, -0.2) is 23.7 Å². The number of aryl methyl sites for hydroxylation is 1. The van der Waals surface area contributed by atoms with Crippen molar-refractivity contribution in [2.24, 2.45) is 7.05 Å². The number of ether oxygens (including phenoxy) is 1. The average molecular weight is 253 g/mol. The number of nitrogens with one attached hydrogen (secondary N) is 1. The molecule has 1 heterocycles. The minimum absolute atomic E-state index is 0.0435. The first-order valence-electron chi connectivity index (χ1n) is 6.06. The summed E-state index contributed by atoms with van der Waals surface area (Å²) in [5, 5.41) is 12.5. The van der Waals surface area contributed by atoms with Crippen LogP contribution in [0.25, 0.3) is 0 Å². The van der Waals surface area contributed by atoms with E-state index in [1.54, 1.807) is 6.20 Å². The molecule has 2 N–H and O–H groups in total. The second-order valence-electron chi connectivity index (χ2n) is 4.39. The van der Waals surface area contributed by atoms with Gasteiger partial charge in [0, 0.05) is 19.0 Å². The highest BCUT2D eigenvalue weighted by atomic mass is 16.5. The quantitative estimate of drug-likeness (QED) is 0.764. The van der Waals surface area contributed by atoms with Gasteiger partial charge in [0.15, 0.2) is 18.6 Å². The number of hydrogen-bond donors (Lipinski definition) is 2.